The molecule has 1 heteroatoms. The molecule has 0 atom stereocenters. The van der Waals surface area contributed by atoms with E-state index in [1.54, 1.807) is 0 Å². The highest BCUT2D eigenvalue weighted by molar-refractivity contribution is 5.98. The summed E-state index contributed by atoms with van der Waals surface area (Å²) in [4.78, 5) is 1.95. The molecule has 9 aromatic rings. The van der Waals surface area contributed by atoms with E-state index in [-0.39, 0.29) is 29.9 Å². The number of hydrogen-bond donors (Lipinski definition) is 0. The van der Waals surface area contributed by atoms with Crippen molar-refractivity contribution in [2.24, 2.45) is 0 Å². The summed E-state index contributed by atoms with van der Waals surface area (Å²) >= 11 is 0. The number of benzene rings is 9. The molecule has 0 saturated heterocycles. The van der Waals surface area contributed by atoms with Crippen LogP contribution in [0.4, 0.5) is 17.1 Å². The third kappa shape index (κ3) is 5.17. The van der Waals surface area contributed by atoms with E-state index < -0.39 is 5.41 Å². The van der Waals surface area contributed by atoms with Gasteiger partial charge in [-0.05, 0) is 103 Å². The first-order valence-corrected chi connectivity index (χ1v) is 18.4. The first-order valence-electron chi connectivity index (χ1n) is 20.4. The number of hydrogen-bond acceptors (Lipinski definition) is 1. The predicted octanol–water partition coefficient (Wildman–Crippen LogP) is 14.0. The summed E-state index contributed by atoms with van der Waals surface area (Å²) in [6.45, 7) is 0. The third-order valence-electron chi connectivity index (χ3n) is 10.8. The summed E-state index contributed by atoms with van der Waals surface area (Å²) in [5.41, 5.74) is 11.0. The highest BCUT2D eigenvalue weighted by Crippen LogP contribution is 2.57. The van der Waals surface area contributed by atoms with Crippen molar-refractivity contribution < 1.29 is 5.48 Å². The van der Waals surface area contributed by atoms with Crippen molar-refractivity contribution in [2.45, 2.75) is 5.41 Å². The average molecular weight is 692 g/mol. The van der Waals surface area contributed by atoms with Gasteiger partial charge in [-0.2, -0.15) is 0 Å². The maximum absolute atomic E-state index is 9.98. The minimum Gasteiger partial charge on any atom is -0.310 e. The van der Waals surface area contributed by atoms with Gasteiger partial charge in [0.2, 0.25) is 0 Å². The van der Waals surface area contributed by atoms with Gasteiger partial charge >= 0.3 is 0 Å². The lowest BCUT2D eigenvalue weighted by Gasteiger charge is -2.35. The molecule has 1 nitrogen and oxygen atoms in total. The van der Waals surface area contributed by atoms with E-state index in [1.807, 2.05) is 77.7 Å². The van der Waals surface area contributed by atoms with Crippen molar-refractivity contribution in [3.8, 4) is 33.4 Å². The number of fused-ring (bicyclic) bond motifs is 4. The van der Waals surface area contributed by atoms with Crippen LogP contribution in [-0.2, 0) is 5.41 Å². The highest BCUT2D eigenvalue weighted by Gasteiger charge is 2.46. The molecule has 0 fully saturated rings. The zero-order valence-electron chi connectivity index (χ0n) is 33.5. The lowest BCUT2D eigenvalue weighted by molar-refractivity contribution is 0.768. The molecular weight excluding hydrogens is 651 g/mol. The number of rotatable bonds is 7. The Morgan fingerprint density at radius 3 is 1.72 bits per heavy atom. The maximum Gasteiger partial charge on any atom is 0.0714 e. The van der Waals surface area contributed by atoms with Crippen LogP contribution in [-0.4, -0.2) is 0 Å². The van der Waals surface area contributed by atoms with E-state index in [4.69, 9.17) is 0 Å². The van der Waals surface area contributed by atoms with E-state index in [1.165, 1.54) is 5.56 Å². The summed E-state index contributed by atoms with van der Waals surface area (Å²) in [7, 11) is 0. The van der Waals surface area contributed by atoms with Crippen molar-refractivity contribution in [1.82, 2.24) is 0 Å². The second-order valence-corrected chi connectivity index (χ2v) is 13.8. The van der Waals surface area contributed by atoms with Gasteiger partial charge in [-0.1, -0.05) is 188 Å². The quantitative estimate of drug-likeness (QED) is 0.161. The Kier molecular flexibility index (Phi) is 6.77. The van der Waals surface area contributed by atoms with Crippen LogP contribution >= 0.6 is 0 Å². The van der Waals surface area contributed by atoms with E-state index in [0.717, 1.165) is 61.1 Å². The fraction of sp³-hybridized carbons (Fsp3) is 0.0189. The Hall–Kier alpha value is -6.96. The predicted molar refractivity (Wildman–Crippen MR) is 227 cm³/mol. The van der Waals surface area contributed by atoms with Crippen LogP contribution in [0, 0.1) is 0 Å². The molecule has 254 valence electrons. The van der Waals surface area contributed by atoms with E-state index in [2.05, 4.69) is 127 Å². The minimum absolute atomic E-state index is 0.0238. The molecule has 0 heterocycles. The van der Waals surface area contributed by atoms with Crippen molar-refractivity contribution in [3.05, 3.63) is 247 Å². The second kappa shape index (κ2) is 13.2. The van der Waals surface area contributed by atoms with Crippen LogP contribution < -0.4 is 4.90 Å². The molecule has 1 aliphatic carbocycles. The molecule has 10 rings (SSSR count). The van der Waals surface area contributed by atoms with Crippen molar-refractivity contribution in [3.63, 3.8) is 0 Å². The normalized spacial score (nSPS) is 13.6. The van der Waals surface area contributed by atoms with E-state index in [0.29, 0.717) is 11.1 Å². The topological polar surface area (TPSA) is 3.24 Å². The average Bonchev–Trinajstić information content (AvgIpc) is 3.58. The molecule has 0 aromatic heterocycles. The summed E-state index contributed by atoms with van der Waals surface area (Å²) < 4.78 is 38.0. The van der Waals surface area contributed by atoms with Gasteiger partial charge in [-0.25, -0.2) is 0 Å². The SMILES string of the molecule is [2H]c1c([2H])c(-c2cccc3ccccc23)c([2H])c(N(c2ccc(-c3ccccc3)cc2)c2ccc3c(c2)C(c2ccccc2)(c2ccccc2)c2ccccc2-3)c1[2H]. The maximum atomic E-state index is 9.98. The van der Waals surface area contributed by atoms with Gasteiger partial charge in [0.1, 0.15) is 0 Å². The Bertz CT molecular complexity index is 2940. The van der Waals surface area contributed by atoms with Crippen molar-refractivity contribution in [1.29, 1.82) is 0 Å². The molecule has 0 aliphatic heterocycles. The molecule has 0 unspecified atom stereocenters. The van der Waals surface area contributed by atoms with Gasteiger partial charge in [-0.3, -0.25) is 0 Å². The summed E-state index contributed by atoms with van der Waals surface area (Å²) in [6.07, 6.45) is 0. The van der Waals surface area contributed by atoms with Gasteiger partial charge in [-0.15, -0.1) is 0 Å². The Morgan fingerprint density at radius 1 is 0.389 bits per heavy atom. The third-order valence-corrected chi connectivity index (χ3v) is 10.8. The molecule has 0 amide bonds. The molecule has 54 heavy (non-hydrogen) atoms. The van der Waals surface area contributed by atoms with Crippen LogP contribution in [0.3, 0.4) is 0 Å². The summed E-state index contributed by atoms with van der Waals surface area (Å²) in [5, 5.41) is 1.87. The first-order chi connectivity index (χ1) is 28.5. The lowest BCUT2D eigenvalue weighted by Crippen LogP contribution is -2.28. The highest BCUT2D eigenvalue weighted by atomic mass is 15.1. The van der Waals surface area contributed by atoms with Gasteiger partial charge in [0.15, 0.2) is 0 Å². The first kappa shape index (κ1) is 27.7. The van der Waals surface area contributed by atoms with Crippen LogP contribution in [0.1, 0.15) is 27.7 Å². The van der Waals surface area contributed by atoms with Crippen LogP contribution in [0.25, 0.3) is 44.2 Å². The lowest BCUT2D eigenvalue weighted by atomic mass is 9.67. The molecule has 0 N–H and O–H groups in total. The summed E-state index contributed by atoms with van der Waals surface area (Å²) in [6, 6.07) is 68.1. The zero-order valence-corrected chi connectivity index (χ0v) is 29.5. The Balaban J connectivity index is 1.27. The van der Waals surface area contributed by atoms with Gasteiger partial charge in [0.05, 0.1) is 10.9 Å². The van der Waals surface area contributed by atoms with E-state index in [9.17, 15) is 5.48 Å². The number of anilines is 3. The monoisotopic (exact) mass is 691 g/mol. The molecule has 1 aliphatic rings. The molecule has 0 spiro atoms. The fourth-order valence-corrected chi connectivity index (χ4v) is 8.44. The van der Waals surface area contributed by atoms with Crippen molar-refractivity contribution in [2.75, 3.05) is 4.90 Å². The molecule has 0 bridgehead atoms. The molecule has 0 radical (unpaired) electrons. The largest absolute Gasteiger partial charge is 0.310 e. The van der Waals surface area contributed by atoms with Crippen molar-refractivity contribution >= 4 is 27.8 Å². The van der Waals surface area contributed by atoms with Crippen LogP contribution in [0.15, 0.2) is 224 Å². The van der Waals surface area contributed by atoms with Gasteiger partial charge in [0.25, 0.3) is 0 Å². The second-order valence-electron chi connectivity index (χ2n) is 13.8. The Morgan fingerprint density at radius 2 is 0.963 bits per heavy atom. The van der Waals surface area contributed by atoms with Gasteiger partial charge < -0.3 is 4.90 Å². The minimum atomic E-state index is -0.666. The zero-order chi connectivity index (χ0) is 39.4. The summed E-state index contributed by atoms with van der Waals surface area (Å²) in [5.74, 6) is 0. The van der Waals surface area contributed by atoms with Gasteiger partial charge in [0, 0.05) is 17.1 Å². The van der Waals surface area contributed by atoms with Crippen LogP contribution in [0.2, 0.25) is 0 Å². The fourth-order valence-electron chi connectivity index (χ4n) is 8.44. The molecule has 0 saturated carbocycles. The smallest absolute Gasteiger partial charge is 0.0714 e. The van der Waals surface area contributed by atoms with E-state index >= 15 is 0 Å². The van der Waals surface area contributed by atoms with Crippen LogP contribution in [0.5, 0.6) is 0 Å². The molecular formula is C53H37N. The Labute approximate surface area is 322 Å². The molecule has 9 aromatic carbocycles. The standard InChI is InChI=1S/C53H37N/c1-4-16-38(17-5-1)39-30-32-44(33-31-39)54(45-25-14-20-41(36-45)48-28-15-19-40-18-10-11-26-47(40)48)46-34-35-50-49-27-12-13-29-51(49)53(52(50)37-46,42-21-6-2-7-22-42)43-23-8-3-9-24-43/h1-37H/i14D,20D,25D,36D. The number of nitrogens with zero attached hydrogens (tertiary/aromatic N) is 1.